The number of fused-ring (bicyclic) bond motifs is 1. The lowest BCUT2D eigenvalue weighted by Crippen LogP contribution is -2.40. The molecule has 2 aliphatic rings. The standard InChI is InChI=1S/C22H25N5O5/c1-30-14-9-12(10-15(31-2)18(14)32-3)16-13(11-23)20(28)24-19-17(16)21(29)26-22(25-19)27-7-5-4-6-8-27/h9-10,13,16H,4-8H2,1-3H3,(H2,24,25,26,28,29)/t13-,16+/m0/s1. The highest BCUT2D eigenvalue weighted by atomic mass is 16.5. The predicted octanol–water partition coefficient (Wildman–Crippen LogP) is 2.01. The highest BCUT2D eigenvalue weighted by Crippen LogP contribution is 2.45. The molecule has 2 aliphatic heterocycles. The average Bonchev–Trinajstić information content (AvgIpc) is 2.82. The fourth-order valence-corrected chi connectivity index (χ4v) is 4.40. The quantitative estimate of drug-likeness (QED) is 0.724. The minimum atomic E-state index is -1.13. The van der Waals surface area contributed by atoms with Crippen LogP contribution in [0.5, 0.6) is 17.2 Å². The number of aromatic amines is 1. The van der Waals surface area contributed by atoms with Gasteiger partial charge in [-0.05, 0) is 37.0 Å². The summed E-state index contributed by atoms with van der Waals surface area (Å²) in [7, 11) is 4.44. The number of hydrogen-bond acceptors (Lipinski definition) is 8. The van der Waals surface area contributed by atoms with Crippen LogP contribution in [0.3, 0.4) is 0 Å². The van der Waals surface area contributed by atoms with E-state index in [1.165, 1.54) is 21.3 Å². The highest BCUT2D eigenvalue weighted by molar-refractivity contribution is 5.98. The molecule has 0 unspecified atom stereocenters. The van der Waals surface area contributed by atoms with Gasteiger partial charge in [0.15, 0.2) is 11.5 Å². The largest absolute Gasteiger partial charge is 0.493 e. The minimum absolute atomic E-state index is 0.171. The van der Waals surface area contributed by atoms with Crippen molar-refractivity contribution in [3.63, 3.8) is 0 Å². The van der Waals surface area contributed by atoms with Crippen LogP contribution in [0.25, 0.3) is 0 Å². The average molecular weight is 439 g/mol. The summed E-state index contributed by atoms with van der Waals surface area (Å²) in [5.41, 5.74) is 0.348. The number of carbonyl (C=O) groups excluding carboxylic acids is 1. The van der Waals surface area contributed by atoms with Gasteiger partial charge in [-0.15, -0.1) is 0 Å². The second kappa shape index (κ2) is 8.78. The first-order chi connectivity index (χ1) is 15.5. The number of benzene rings is 1. The number of hydrogen-bond donors (Lipinski definition) is 2. The molecule has 2 aromatic rings. The normalized spacial score (nSPS) is 20.1. The van der Waals surface area contributed by atoms with E-state index >= 15 is 0 Å². The Morgan fingerprint density at radius 3 is 2.28 bits per heavy atom. The molecular formula is C22H25N5O5. The van der Waals surface area contributed by atoms with Crippen molar-refractivity contribution in [2.45, 2.75) is 25.2 Å². The van der Waals surface area contributed by atoms with Gasteiger partial charge in [0, 0.05) is 19.0 Å². The van der Waals surface area contributed by atoms with Crippen molar-refractivity contribution < 1.29 is 19.0 Å². The van der Waals surface area contributed by atoms with Gasteiger partial charge >= 0.3 is 0 Å². The van der Waals surface area contributed by atoms with Crippen molar-refractivity contribution in [2.75, 3.05) is 44.6 Å². The zero-order valence-corrected chi connectivity index (χ0v) is 18.2. The number of piperidine rings is 1. The fourth-order valence-electron chi connectivity index (χ4n) is 4.40. The van der Waals surface area contributed by atoms with Crippen molar-refractivity contribution in [1.29, 1.82) is 5.26 Å². The molecule has 1 amide bonds. The van der Waals surface area contributed by atoms with Crippen LogP contribution in [0.1, 0.15) is 36.3 Å². The van der Waals surface area contributed by atoms with Crippen molar-refractivity contribution in [3.05, 3.63) is 33.6 Å². The molecule has 10 nitrogen and oxygen atoms in total. The maximum atomic E-state index is 13.2. The van der Waals surface area contributed by atoms with E-state index in [4.69, 9.17) is 14.2 Å². The Morgan fingerprint density at radius 2 is 1.72 bits per heavy atom. The summed E-state index contributed by atoms with van der Waals surface area (Å²) in [4.78, 5) is 35.5. The van der Waals surface area contributed by atoms with Gasteiger partial charge < -0.3 is 24.4 Å². The Hall–Kier alpha value is -3.74. The van der Waals surface area contributed by atoms with E-state index in [1.807, 2.05) is 11.0 Å². The molecule has 0 aliphatic carbocycles. The Labute approximate surface area is 185 Å². The number of aromatic nitrogens is 2. The van der Waals surface area contributed by atoms with Crippen LogP contribution in [0.4, 0.5) is 11.8 Å². The number of anilines is 2. The van der Waals surface area contributed by atoms with E-state index < -0.39 is 23.3 Å². The van der Waals surface area contributed by atoms with E-state index in [9.17, 15) is 14.9 Å². The molecule has 2 atom stereocenters. The van der Waals surface area contributed by atoms with E-state index in [0.29, 0.717) is 28.8 Å². The first-order valence-corrected chi connectivity index (χ1v) is 10.4. The third kappa shape index (κ3) is 3.60. The zero-order valence-electron chi connectivity index (χ0n) is 18.2. The molecule has 168 valence electrons. The molecule has 1 fully saturated rings. The third-order valence-electron chi connectivity index (χ3n) is 5.95. The zero-order chi connectivity index (χ0) is 22.8. The summed E-state index contributed by atoms with van der Waals surface area (Å²) in [6.07, 6.45) is 3.16. The summed E-state index contributed by atoms with van der Waals surface area (Å²) in [6.45, 7) is 1.57. The Bertz CT molecular complexity index is 1110. The second-order valence-electron chi connectivity index (χ2n) is 7.73. The number of nitrogens with zero attached hydrogens (tertiary/aromatic N) is 3. The van der Waals surface area contributed by atoms with Crippen molar-refractivity contribution in [3.8, 4) is 23.3 Å². The van der Waals surface area contributed by atoms with E-state index in [0.717, 1.165) is 32.4 Å². The van der Waals surface area contributed by atoms with Gasteiger partial charge in [-0.25, -0.2) is 0 Å². The third-order valence-corrected chi connectivity index (χ3v) is 5.95. The summed E-state index contributed by atoms with van der Waals surface area (Å²) in [6, 6.07) is 5.34. The van der Waals surface area contributed by atoms with Gasteiger partial charge in [-0.1, -0.05) is 0 Å². The Kier molecular flexibility index (Phi) is 5.90. The number of carbonyl (C=O) groups is 1. The molecule has 3 heterocycles. The minimum Gasteiger partial charge on any atom is -0.493 e. The molecule has 1 saturated heterocycles. The molecule has 10 heteroatoms. The first-order valence-electron chi connectivity index (χ1n) is 10.4. The monoisotopic (exact) mass is 439 g/mol. The van der Waals surface area contributed by atoms with Gasteiger partial charge in [0.25, 0.3) is 5.56 Å². The van der Waals surface area contributed by atoms with Crippen molar-refractivity contribution in [2.24, 2.45) is 5.92 Å². The number of rotatable bonds is 5. The molecule has 1 aromatic heterocycles. The van der Waals surface area contributed by atoms with Crippen LogP contribution >= 0.6 is 0 Å². The van der Waals surface area contributed by atoms with Gasteiger partial charge in [0.1, 0.15) is 11.7 Å². The topological polar surface area (TPSA) is 130 Å². The molecule has 4 rings (SSSR count). The Morgan fingerprint density at radius 1 is 1.06 bits per heavy atom. The molecule has 0 bridgehead atoms. The lowest BCUT2D eigenvalue weighted by atomic mass is 9.79. The maximum Gasteiger partial charge on any atom is 0.258 e. The molecule has 1 aromatic carbocycles. The Balaban J connectivity index is 1.89. The molecule has 0 spiro atoms. The van der Waals surface area contributed by atoms with Crippen LogP contribution in [-0.4, -0.2) is 50.3 Å². The SMILES string of the molecule is COc1cc([C@H]2c3c(nc(N4CCCCC4)[nH]c3=O)NC(=O)[C@H]2C#N)cc(OC)c1OC. The molecule has 2 N–H and O–H groups in total. The van der Waals surface area contributed by atoms with Crippen LogP contribution in [0.15, 0.2) is 16.9 Å². The van der Waals surface area contributed by atoms with Gasteiger partial charge in [0.2, 0.25) is 17.6 Å². The summed E-state index contributed by atoms with van der Waals surface area (Å²) >= 11 is 0. The number of nitriles is 1. The van der Waals surface area contributed by atoms with Crippen LogP contribution in [0.2, 0.25) is 0 Å². The lowest BCUT2D eigenvalue weighted by molar-refractivity contribution is -0.119. The first kappa shape index (κ1) is 21.5. The van der Waals surface area contributed by atoms with Crippen LogP contribution in [-0.2, 0) is 4.79 Å². The van der Waals surface area contributed by atoms with Crippen LogP contribution < -0.4 is 30.0 Å². The number of methoxy groups -OCH3 is 3. The fraction of sp³-hybridized carbons (Fsp3) is 0.455. The summed E-state index contributed by atoms with van der Waals surface area (Å²) < 4.78 is 16.2. The summed E-state index contributed by atoms with van der Waals surface area (Å²) in [5.74, 6) is -0.807. The second-order valence-corrected chi connectivity index (χ2v) is 7.73. The number of amides is 1. The molecule has 32 heavy (non-hydrogen) atoms. The predicted molar refractivity (Wildman–Crippen MR) is 117 cm³/mol. The van der Waals surface area contributed by atoms with Gasteiger partial charge in [-0.3, -0.25) is 14.6 Å². The maximum absolute atomic E-state index is 13.2. The van der Waals surface area contributed by atoms with Crippen molar-refractivity contribution >= 4 is 17.7 Å². The lowest BCUT2D eigenvalue weighted by Gasteiger charge is -2.31. The number of ether oxygens (including phenoxy) is 3. The van der Waals surface area contributed by atoms with Crippen LogP contribution in [0, 0.1) is 17.2 Å². The smallest absolute Gasteiger partial charge is 0.258 e. The van der Waals surface area contributed by atoms with Gasteiger partial charge in [0.05, 0.1) is 33.0 Å². The molecule has 0 saturated carbocycles. The number of nitrogens with one attached hydrogen (secondary N) is 2. The number of H-pyrrole nitrogens is 1. The highest BCUT2D eigenvalue weighted by Gasteiger charge is 2.41. The summed E-state index contributed by atoms with van der Waals surface area (Å²) in [5, 5.41) is 12.4. The van der Waals surface area contributed by atoms with Crippen molar-refractivity contribution in [1.82, 2.24) is 9.97 Å². The molecule has 0 radical (unpaired) electrons. The van der Waals surface area contributed by atoms with E-state index in [-0.39, 0.29) is 11.4 Å². The van der Waals surface area contributed by atoms with Gasteiger partial charge in [-0.2, -0.15) is 10.2 Å². The van der Waals surface area contributed by atoms with E-state index in [2.05, 4.69) is 15.3 Å². The molecular weight excluding hydrogens is 414 g/mol. The van der Waals surface area contributed by atoms with E-state index in [1.54, 1.807) is 12.1 Å².